The maximum Gasteiger partial charge on any atom is 0.259 e. The Kier molecular flexibility index (Phi) is 16.3. The first-order valence-corrected chi connectivity index (χ1v) is 22.3. The Morgan fingerprint density at radius 1 is 0.613 bits per heavy atom. The number of nitrogens with zero attached hydrogens (tertiary/aromatic N) is 2. The molecule has 0 heterocycles. The third-order valence-electron chi connectivity index (χ3n) is 10.7. The van der Waals surface area contributed by atoms with E-state index in [0.717, 1.165) is 28.2 Å². The average molecular weight is 857 g/mol. The van der Waals surface area contributed by atoms with Crippen molar-refractivity contribution in [3.05, 3.63) is 154 Å². The van der Waals surface area contributed by atoms with Crippen LogP contribution >= 0.6 is 8.53 Å². The maximum atomic E-state index is 14.4. The van der Waals surface area contributed by atoms with Gasteiger partial charge < -0.3 is 33.9 Å². The van der Waals surface area contributed by atoms with Crippen LogP contribution in [0.5, 0.6) is 11.5 Å². The Bertz CT molecular complexity index is 2240. The lowest BCUT2D eigenvalue weighted by Gasteiger charge is -2.36. The quantitative estimate of drug-likeness (QED) is 0.0363. The van der Waals surface area contributed by atoms with Crippen molar-refractivity contribution in [3.63, 3.8) is 0 Å². The summed E-state index contributed by atoms with van der Waals surface area (Å²) in [5, 5.41) is 15.9. The minimum atomic E-state index is -1.36. The second-order valence-corrected chi connectivity index (χ2v) is 16.9. The number of anilines is 2. The number of carbonyl (C=O) groups is 2. The number of benzene rings is 5. The standard InChI is InChI=1S/C50H57N4O7P/c1-35(2)54(36(3)4)62(60-33-12-29-51)61-34-14-31-53-45-20-11-18-43-47(45)49(56)46-42(48(43)55)17-10-19-44(46)52-30-13-32-59-50(37-15-8-7-9-16-37,38-21-25-40(57-5)26-22-38)39-23-27-41(58-6)28-24-39/h7-11,15-28,35-36,52-53H,12-14,30-34H2,1-6H3. The average Bonchev–Trinajstić information content (AvgIpc) is 3.29. The van der Waals surface area contributed by atoms with Crippen LogP contribution in [0.25, 0.3) is 0 Å². The Labute approximate surface area is 367 Å². The van der Waals surface area contributed by atoms with Crippen LogP contribution in [0.1, 0.15) is 95.5 Å². The topological polar surface area (TPSA) is 131 Å². The van der Waals surface area contributed by atoms with Crippen LogP contribution in [0.3, 0.4) is 0 Å². The molecule has 1 aliphatic rings. The van der Waals surface area contributed by atoms with Crippen LogP contribution in [-0.2, 0) is 19.4 Å². The van der Waals surface area contributed by atoms with E-state index in [4.69, 9.17) is 28.5 Å². The van der Waals surface area contributed by atoms with Gasteiger partial charge in [-0.25, -0.2) is 4.67 Å². The SMILES string of the molecule is COc1ccc(C(OCCCNc2cccc3c2C(=O)c2c(NCCCOP(OCCC#N)N(C(C)C)C(C)C)cccc2C3=O)(c2ccccc2)c2ccc(OC)cc2)cc1. The monoisotopic (exact) mass is 856 g/mol. The summed E-state index contributed by atoms with van der Waals surface area (Å²) in [6, 6.07) is 39.3. The summed E-state index contributed by atoms with van der Waals surface area (Å²) in [5.41, 5.74) is 4.57. The predicted octanol–water partition coefficient (Wildman–Crippen LogP) is 10.4. The van der Waals surface area contributed by atoms with Crippen LogP contribution in [0.15, 0.2) is 115 Å². The predicted molar refractivity (Wildman–Crippen MR) is 245 cm³/mol. The first kappa shape index (κ1) is 45.9. The molecular formula is C50H57N4O7P. The minimum Gasteiger partial charge on any atom is -0.497 e. The third kappa shape index (κ3) is 10.4. The molecule has 2 N–H and O–H groups in total. The highest BCUT2D eigenvalue weighted by atomic mass is 31.2. The summed E-state index contributed by atoms with van der Waals surface area (Å²) in [5.74, 6) is 1.08. The molecule has 0 saturated carbocycles. The fraction of sp³-hybridized carbons (Fsp3) is 0.340. The summed E-state index contributed by atoms with van der Waals surface area (Å²) in [4.78, 5) is 28.4. The number of ketones is 2. The highest BCUT2D eigenvalue weighted by Crippen LogP contribution is 2.46. The lowest BCUT2D eigenvalue weighted by atomic mass is 9.80. The van der Waals surface area contributed by atoms with Gasteiger partial charge in [-0.15, -0.1) is 0 Å². The van der Waals surface area contributed by atoms with E-state index in [1.165, 1.54) is 0 Å². The van der Waals surface area contributed by atoms with Crippen LogP contribution in [0.2, 0.25) is 0 Å². The minimum absolute atomic E-state index is 0.192. The van der Waals surface area contributed by atoms with Crippen molar-refractivity contribution in [2.24, 2.45) is 0 Å². The molecule has 62 heavy (non-hydrogen) atoms. The van der Waals surface area contributed by atoms with E-state index in [1.807, 2.05) is 84.9 Å². The molecule has 0 bridgehead atoms. The molecule has 0 saturated heterocycles. The molecule has 1 unspecified atom stereocenters. The normalized spacial score (nSPS) is 12.8. The largest absolute Gasteiger partial charge is 0.497 e. The summed E-state index contributed by atoms with van der Waals surface area (Å²) in [7, 11) is 1.94. The number of methoxy groups -OCH3 is 2. The van der Waals surface area contributed by atoms with Gasteiger partial charge in [-0.2, -0.15) is 5.26 Å². The van der Waals surface area contributed by atoms with Crippen molar-refractivity contribution in [1.29, 1.82) is 5.26 Å². The second kappa shape index (κ2) is 22.0. The molecule has 324 valence electrons. The van der Waals surface area contributed by atoms with Crippen molar-refractivity contribution in [2.45, 2.75) is 64.6 Å². The number of carbonyl (C=O) groups excluding carboxylic acids is 2. The Morgan fingerprint density at radius 2 is 1.10 bits per heavy atom. The molecule has 0 aliphatic heterocycles. The molecular weight excluding hydrogens is 800 g/mol. The first-order chi connectivity index (χ1) is 30.1. The van der Waals surface area contributed by atoms with Gasteiger partial charge in [-0.1, -0.05) is 78.9 Å². The van der Waals surface area contributed by atoms with E-state index in [0.29, 0.717) is 85.8 Å². The number of nitrogens with one attached hydrogen (secondary N) is 2. The van der Waals surface area contributed by atoms with Gasteiger partial charge in [0.15, 0.2) is 11.6 Å². The van der Waals surface area contributed by atoms with E-state index in [9.17, 15) is 9.59 Å². The van der Waals surface area contributed by atoms with E-state index >= 15 is 0 Å². The molecule has 12 heteroatoms. The number of hydrogen-bond acceptors (Lipinski definition) is 11. The second-order valence-electron chi connectivity index (χ2n) is 15.4. The molecule has 0 aromatic heterocycles. The lowest BCUT2D eigenvalue weighted by molar-refractivity contribution is 0.0127. The van der Waals surface area contributed by atoms with Gasteiger partial charge in [0.2, 0.25) is 0 Å². The van der Waals surface area contributed by atoms with Crippen molar-refractivity contribution in [2.75, 3.05) is 57.8 Å². The fourth-order valence-electron chi connectivity index (χ4n) is 7.88. The number of nitriles is 1. The summed E-state index contributed by atoms with van der Waals surface area (Å²) >= 11 is 0. The van der Waals surface area contributed by atoms with Gasteiger partial charge in [-0.05, 0) is 93.6 Å². The van der Waals surface area contributed by atoms with E-state index in [2.05, 4.69) is 61.2 Å². The lowest BCUT2D eigenvalue weighted by Crippen LogP contribution is -2.33. The summed E-state index contributed by atoms with van der Waals surface area (Å²) in [6.45, 7) is 10.5. The zero-order valence-corrected chi connectivity index (χ0v) is 37.4. The number of ether oxygens (including phenoxy) is 3. The van der Waals surface area contributed by atoms with E-state index < -0.39 is 14.1 Å². The molecule has 11 nitrogen and oxygen atoms in total. The molecule has 0 spiro atoms. The van der Waals surface area contributed by atoms with Crippen molar-refractivity contribution >= 4 is 31.5 Å². The van der Waals surface area contributed by atoms with Gasteiger partial charge >= 0.3 is 0 Å². The highest BCUT2D eigenvalue weighted by molar-refractivity contribution is 7.44. The molecule has 5 aromatic carbocycles. The molecule has 1 aliphatic carbocycles. The smallest absolute Gasteiger partial charge is 0.259 e. The molecule has 0 amide bonds. The van der Waals surface area contributed by atoms with Crippen molar-refractivity contribution < 1.29 is 32.8 Å². The first-order valence-electron chi connectivity index (χ1n) is 21.2. The maximum absolute atomic E-state index is 14.4. The van der Waals surface area contributed by atoms with Gasteiger partial charge in [0.1, 0.15) is 17.1 Å². The number of rotatable bonds is 23. The molecule has 5 aromatic rings. The Morgan fingerprint density at radius 3 is 1.58 bits per heavy atom. The van der Waals surface area contributed by atoms with Crippen LogP contribution in [-0.4, -0.2) is 75.5 Å². The fourth-order valence-corrected chi connectivity index (χ4v) is 9.51. The Hall–Kier alpha value is -5.60. The van der Waals surface area contributed by atoms with Crippen LogP contribution < -0.4 is 20.1 Å². The van der Waals surface area contributed by atoms with Gasteiger partial charge in [0, 0.05) is 47.7 Å². The van der Waals surface area contributed by atoms with E-state index in [-0.39, 0.29) is 23.7 Å². The summed E-state index contributed by atoms with van der Waals surface area (Å²) < 4.78 is 32.5. The van der Waals surface area contributed by atoms with E-state index in [1.54, 1.807) is 32.4 Å². The highest BCUT2D eigenvalue weighted by Gasteiger charge is 2.38. The molecule has 6 rings (SSSR count). The molecule has 1 atom stereocenters. The number of fused-ring (bicyclic) bond motifs is 2. The van der Waals surface area contributed by atoms with Gasteiger partial charge in [-0.3, -0.25) is 9.59 Å². The van der Waals surface area contributed by atoms with Crippen molar-refractivity contribution in [3.8, 4) is 17.6 Å². The van der Waals surface area contributed by atoms with Crippen molar-refractivity contribution in [1.82, 2.24) is 4.67 Å². The number of hydrogen-bond donors (Lipinski definition) is 2. The molecule has 0 radical (unpaired) electrons. The Balaban J connectivity index is 1.15. The third-order valence-corrected chi connectivity index (χ3v) is 12.8. The zero-order valence-electron chi connectivity index (χ0n) is 36.5. The van der Waals surface area contributed by atoms with Gasteiger partial charge in [0.25, 0.3) is 8.53 Å². The molecule has 0 fully saturated rings. The summed E-state index contributed by atoms with van der Waals surface area (Å²) in [6.07, 6.45) is 1.51. The zero-order chi connectivity index (χ0) is 44.1. The van der Waals surface area contributed by atoms with Gasteiger partial charge in [0.05, 0.1) is 57.7 Å². The van der Waals surface area contributed by atoms with Crippen LogP contribution in [0, 0.1) is 11.3 Å². The van der Waals surface area contributed by atoms with Crippen LogP contribution in [0.4, 0.5) is 11.4 Å².